The van der Waals surface area contributed by atoms with Gasteiger partial charge in [-0.3, -0.25) is 9.59 Å². The van der Waals surface area contributed by atoms with Gasteiger partial charge in [0.05, 0.1) is 6.61 Å². The molecule has 2 amide bonds. The third-order valence-electron chi connectivity index (χ3n) is 3.48. The van der Waals surface area contributed by atoms with E-state index in [4.69, 9.17) is 0 Å². The second-order valence-electron chi connectivity index (χ2n) is 5.68. The van der Waals surface area contributed by atoms with Crippen molar-refractivity contribution in [2.75, 3.05) is 19.7 Å². The number of carbonyl (C=O) groups excluding carboxylic acids is 2. The summed E-state index contributed by atoms with van der Waals surface area (Å²) in [6.45, 7) is -0.993. The Morgan fingerprint density at radius 1 is 0.815 bits per heavy atom. The molecular formula is C19H19F3N2O3. The normalized spacial score (nSPS) is 11.1. The monoisotopic (exact) mass is 380 g/mol. The first-order valence-corrected chi connectivity index (χ1v) is 8.20. The second kappa shape index (κ2) is 9.72. The van der Waals surface area contributed by atoms with Crippen molar-refractivity contribution in [1.29, 1.82) is 0 Å². The molecule has 5 nitrogen and oxygen atoms in total. The van der Waals surface area contributed by atoms with Gasteiger partial charge < -0.3 is 15.4 Å². The molecule has 2 rings (SSSR count). The molecule has 0 saturated carbocycles. The van der Waals surface area contributed by atoms with Crippen LogP contribution in [0.4, 0.5) is 13.2 Å². The standard InChI is InChI=1S/C19H19F3N2O3/c20-19(21,22)13-27-12-14-6-8-16(9-7-14)18(26)24-11-10-23-17(25)15-4-2-1-3-5-15/h1-9H,10-13H2,(H,23,25)(H,24,26). The summed E-state index contributed by atoms with van der Waals surface area (Å²) in [6.07, 6.45) is -4.37. The maximum Gasteiger partial charge on any atom is 0.411 e. The quantitative estimate of drug-likeness (QED) is 0.692. The third-order valence-corrected chi connectivity index (χ3v) is 3.48. The highest BCUT2D eigenvalue weighted by atomic mass is 19.4. The summed E-state index contributed by atoms with van der Waals surface area (Å²) in [5.74, 6) is -0.570. The van der Waals surface area contributed by atoms with E-state index in [0.717, 1.165) is 0 Å². The SMILES string of the molecule is O=C(NCCNC(=O)c1ccc(COCC(F)(F)F)cc1)c1ccccc1. The summed E-state index contributed by atoms with van der Waals surface area (Å²) in [6, 6.07) is 14.8. The zero-order valence-corrected chi connectivity index (χ0v) is 14.4. The molecule has 0 fully saturated rings. The summed E-state index contributed by atoms with van der Waals surface area (Å²) in [4.78, 5) is 23.9. The predicted molar refractivity (Wildman–Crippen MR) is 93.3 cm³/mol. The fraction of sp³-hybridized carbons (Fsp3) is 0.263. The van der Waals surface area contributed by atoms with Gasteiger partial charge in [0, 0.05) is 24.2 Å². The van der Waals surface area contributed by atoms with Crippen LogP contribution < -0.4 is 10.6 Å². The highest BCUT2D eigenvalue weighted by molar-refractivity contribution is 5.95. The predicted octanol–water partition coefficient (Wildman–Crippen LogP) is 2.93. The number of ether oxygens (including phenoxy) is 1. The highest BCUT2D eigenvalue weighted by Crippen LogP contribution is 2.15. The molecule has 2 aromatic rings. The molecule has 0 aromatic heterocycles. The summed E-state index contributed by atoms with van der Waals surface area (Å²) in [5.41, 5.74) is 1.43. The highest BCUT2D eigenvalue weighted by Gasteiger charge is 2.27. The number of hydrogen-bond acceptors (Lipinski definition) is 3. The minimum atomic E-state index is -4.37. The number of nitrogens with one attached hydrogen (secondary N) is 2. The number of rotatable bonds is 8. The number of amides is 2. The fourth-order valence-corrected chi connectivity index (χ4v) is 2.18. The smallest absolute Gasteiger partial charge is 0.367 e. The Labute approximate surface area is 154 Å². The summed E-state index contributed by atoms with van der Waals surface area (Å²) < 4.78 is 40.6. The van der Waals surface area contributed by atoms with E-state index >= 15 is 0 Å². The summed E-state index contributed by atoms with van der Waals surface area (Å²) in [5, 5.41) is 5.34. The molecule has 8 heteroatoms. The Hall–Kier alpha value is -2.87. The molecular weight excluding hydrogens is 361 g/mol. The lowest BCUT2D eigenvalue weighted by Gasteiger charge is -2.09. The van der Waals surface area contributed by atoms with E-state index in [-0.39, 0.29) is 31.5 Å². The van der Waals surface area contributed by atoms with Crippen LogP contribution in [0.3, 0.4) is 0 Å². The maximum atomic E-state index is 12.0. The van der Waals surface area contributed by atoms with Crippen LogP contribution in [0.25, 0.3) is 0 Å². The zero-order chi connectivity index (χ0) is 19.7. The minimum Gasteiger partial charge on any atom is -0.367 e. The Balaban J connectivity index is 1.70. The molecule has 0 radical (unpaired) electrons. The number of hydrogen-bond donors (Lipinski definition) is 2. The van der Waals surface area contributed by atoms with Gasteiger partial charge in [-0.25, -0.2) is 0 Å². The van der Waals surface area contributed by atoms with E-state index in [2.05, 4.69) is 15.4 Å². The van der Waals surface area contributed by atoms with Crippen LogP contribution in [0.5, 0.6) is 0 Å². The number of halogens is 3. The molecule has 0 atom stereocenters. The van der Waals surface area contributed by atoms with Gasteiger partial charge in [-0.05, 0) is 29.8 Å². The van der Waals surface area contributed by atoms with Crippen molar-refractivity contribution in [3.05, 3.63) is 71.3 Å². The van der Waals surface area contributed by atoms with Crippen molar-refractivity contribution in [2.45, 2.75) is 12.8 Å². The van der Waals surface area contributed by atoms with E-state index in [1.54, 1.807) is 24.3 Å². The fourth-order valence-electron chi connectivity index (χ4n) is 2.18. The molecule has 27 heavy (non-hydrogen) atoms. The molecule has 0 aliphatic rings. The van der Waals surface area contributed by atoms with Crippen molar-refractivity contribution in [1.82, 2.24) is 10.6 Å². The van der Waals surface area contributed by atoms with E-state index < -0.39 is 12.8 Å². The Morgan fingerprint density at radius 3 is 1.85 bits per heavy atom. The molecule has 144 valence electrons. The average molecular weight is 380 g/mol. The van der Waals surface area contributed by atoms with Crippen LogP contribution in [0.15, 0.2) is 54.6 Å². The molecule has 0 aliphatic heterocycles. The average Bonchev–Trinajstić information content (AvgIpc) is 2.65. The van der Waals surface area contributed by atoms with Crippen molar-refractivity contribution in [2.24, 2.45) is 0 Å². The van der Waals surface area contributed by atoms with Crippen LogP contribution in [-0.4, -0.2) is 37.7 Å². The van der Waals surface area contributed by atoms with Gasteiger partial charge in [-0.15, -0.1) is 0 Å². The maximum absolute atomic E-state index is 12.0. The Bertz CT molecular complexity index is 747. The van der Waals surface area contributed by atoms with Gasteiger partial charge in [0.25, 0.3) is 11.8 Å². The third kappa shape index (κ3) is 7.49. The van der Waals surface area contributed by atoms with Crippen LogP contribution in [0.2, 0.25) is 0 Å². The molecule has 0 unspecified atom stereocenters. The zero-order valence-electron chi connectivity index (χ0n) is 14.4. The topological polar surface area (TPSA) is 67.4 Å². The molecule has 0 bridgehead atoms. The second-order valence-corrected chi connectivity index (χ2v) is 5.68. The van der Waals surface area contributed by atoms with E-state index in [1.807, 2.05) is 6.07 Å². The lowest BCUT2D eigenvalue weighted by Crippen LogP contribution is -2.34. The first-order chi connectivity index (χ1) is 12.8. The van der Waals surface area contributed by atoms with Gasteiger partial charge in [0.15, 0.2) is 0 Å². The van der Waals surface area contributed by atoms with Gasteiger partial charge >= 0.3 is 6.18 Å². The molecule has 0 saturated heterocycles. The van der Waals surface area contributed by atoms with Crippen LogP contribution >= 0.6 is 0 Å². The number of alkyl halides is 3. The van der Waals surface area contributed by atoms with Crippen LogP contribution in [-0.2, 0) is 11.3 Å². The van der Waals surface area contributed by atoms with Crippen LogP contribution in [0, 0.1) is 0 Å². The van der Waals surface area contributed by atoms with Crippen molar-refractivity contribution < 1.29 is 27.5 Å². The van der Waals surface area contributed by atoms with Crippen molar-refractivity contribution in [3.8, 4) is 0 Å². The Morgan fingerprint density at radius 2 is 1.33 bits per heavy atom. The molecule has 2 N–H and O–H groups in total. The van der Waals surface area contributed by atoms with Gasteiger partial charge in [-0.1, -0.05) is 30.3 Å². The number of carbonyl (C=O) groups is 2. The summed E-state index contributed by atoms with van der Waals surface area (Å²) >= 11 is 0. The largest absolute Gasteiger partial charge is 0.411 e. The van der Waals surface area contributed by atoms with Crippen molar-refractivity contribution in [3.63, 3.8) is 0 Å². The number of benzene rings is 2. The van der Waals surface area contributed by atoms with E-state index in [9.17, 15) is 22.8 Å². The van der Waals surface area contributed by atoms with E-state index in [0.29, 0.717) is 16.7 Å². The van der Waals surface area contributed by atoms with Crippen LogP contribution in [0.1, 0.15) is 26.3 Å². The minimum absolute atomic E-state index is 0.188. The first-order valence-electron chi connectivity index (χ1n) is 8.20. The lowest BCUT2D eigenvalue weighted by molar-refractivity contribution is -0.176. The van der Waals surface area contributed by atoms with Gasteiger partial charge in [-0.2, -0.15) is 13.2 Å². The molecule has 2 aromatic carbocycles. The first kappa shape index (κ1) is 20.4. The van der Waals surface area contributed by atoms with Crippen molar-refractivity contribution >= 4 is 11.8 Å². The van der Waals surface area contributed by atoms with Gasteiger partial charge in [0.2, 0.25) is 0 Å². The summed E-state index contributed by atoms with van der Waals surface area (Å²) in [7, 11) is 0. The van der Waals surface area contributed by atoms with Gasteiger partial charge in [0.1, 0.15) is 6.61 Å². The Kier molecular flexibility index (Phi) is 7.36. The molecule has 0 heterocycles. The molecule has 0 spiro atoms. The van der Waals surface area contributed by atoms with E-state index in [1.165, 1.54) is 24.3 Å². The molecule has 0 aliphatic carbocycles. The lowest BCUT2D eigenvalue weighted by atomic mass is 10.1.